The minimum absolute atomic E-state index is 0.0331. The van der Waals surface area contributed by atoms with Gasteiger partial charge in [-0.25, -0.2) is 0 Å². The number of hydrogen-bond donors (Lipinski definition) is 2. The minimum Gasteiger partial charge on any atom is -0.508 e. The summed E-state index contributed by atoms with van der Waals surface area (Å²) in [5, 5.41) is 20.2. The Balaban J connectivity index is 1.89. The number of rotatable bonds is 6. The van der Waals surface area contributed by atoms with Crippen molar-refractivity contribution in [1.82, 2.24) is 0 Å². The number of fused-ring (bicyclic) bond motifs is 1. The molecule has 6 nitrogen and oxygen atoms in total. The van der Waals surface area contributed by atoms with Gasteiger partial charge in [-0.15, -0.1) is 0 Å². The summed E-state index contributed by atoms with van der Waals surface area (Å²) in [6, 6.07) is 14.9. The normalized spacial score (nSPS) is 17.2. The number of aromatic hydroxyl groups is 2. The van der Waals surface area contributed by atoms with Crippen LogP contribution in [0.3, 0.4) is 0 Å². The maximum atomic E-state index is 10.4. The van der Waals surface area contributed by atoms with Gasteiger partial charge in [0.15, 0.2) is 11.5 Å². The van der Waals surface area contributed by atoms with E-state index < -0.39 is 0 Å². The molecular weight excluding hydrogens is 408 g/mol. The Morgan fingerprint density at radius 3 is 2.16 bits per heavy atom. The number of phenolic OH excluding ortho intramolecular Hbond substituents is 2. The van der Waals surface area contributed by atoms with Gasteiger partial charge in [0, 0.05) is 23.0 Å². The molecule has 0 saturated heterocycles. The standard InChI is InChI=1S/C26H28O6/c1-5-31-21-11-10-19-24(16-6-8-18(27)9-7-16)20(14-32-26(19)15(21)2)17-12-22(29-3)25(28)23(13-17)30-4/h6-13,20,24,27-28H,5,14H2,1-4H3. The van der Waals surface area contributed by atoms with Crippen molar-refractivity contribution in [3.05, 3.63) is 70.8 Å². The van der Waals surface area contributed by atoms with Crippen LogP contribution in [-0.4, -0.2) is 37.6 Å². The van der Waals surface area contributed by atoms with Crippen molar-refractivity contribution in [2.24, 2.45) is 0 Å². The fourth-order valence-electron chi connectivity index (χ4n) is 4.44. The van der Waals surface area contributed by atoms with E-state index in [0.717, 1.165) is 33.8 Å². The quantitative estimate of drug-likeness (QED) is 0.558. The third-order valence-corrected chi connectivity index (χ3v) is 6.01. The van der Waals surface area contributed by atoms with E-state index in [1.54, 1.807) is 12.1 Å². The molecule has 0 fully saturated rings. The van der Waals surface area contributed by atoms with E-state index in [4.69, 9.17) is 18.9 Å². The molecule has 2 atom stereocenters. The highest BCUT2D eigenvalue weighted by atomic mass is 16.5. The van der Waals surface area contributed by atoms with Crippen molar-refractivity contribution < 1.29 is 29.2 Å². The van der Waals surface area contributed by atoms with E-state index in [0.29, 0.717) is 24.7 Å². The Hall–Kier alpha value is -3.54. The second-order valence-electron chi connectivity index (χ2n) is 7.80. The van der Waals surface area contributed by atoms with Gasteiger partial charge in [-0.1, -0.05) is 18.2 Å². The topological polar surface area (TPSA) is 77.4 Å². The number of benzene rings is 3. The van der Waals surface area contributed by atoms with Crippen LogP contribution in [0.15, 0.2) is 48.5 Å². The van der Waals surface area contributed by atoms with Gasteiger partial charge in [-0.3, -0.25) is 0 Å². The molecule has 0 spiro atoms. The maximum absolute atomic E-state index is 10.4. The van der Waals surface area contributed by atoms with Gasteiger partial charge in [0.05, 0.1) is 27.4 Å². The van der Waals surface area contributed by atoms with Crippen molar-refractivity contribution in [1.29, 1.82) is 0 Å². The smallest absolute Gasteiger partial charge is 0.200 e. The van der Waals surface area contributed by atoms with Crippen LogP contribution >= 0.6 is 0 Å². The zero-order chi connectivity index (χ0) is 22.8. The molecule has 2 unspecified atom stereocenters. The summed E-state index contributed by atoms with van der Waals surface area (Å²) in [6.07, 6.45) is 0. The fourth-order valence-corrected chi connectivity index (χ4v) is 4.44. The van der Waals surface area contributed by atoms with E-state index >= 15 is 0 Å². The largest absolute Gasteiger partial charge is 0.508 e. The Kier molecular flexibility index (Phi) is 6.04. The van der Waals surface area contributed by atoms with Crippen LogP contribution in [-0.2, 0) is 0 Å². The molecule has 0 saturated carbocycles. The lowest BCUT2D eigenvalue weighted by atomic mass is 9.75. The summed E-state index contributed by atoms with van der Waals surface area (Å²) in [5.74, 6) is 2.38. The van der Waals surface area contributed by atoms with Crippen LogP contribution in [0.5, 0.6) is 34.5 Å². The summed E-state index contributed by atoms with van der Waals surface area (Å²) in [4.78, 5) is 0. The van der Waals surface area contributed by atoms with E-state index in [1.165, 1.54) is 14.2 Å². The highest BCUT2D eigenvalue weighted by molar-refractivity contribution is 5.58. The molecule has 1 aliphatic heterocycles. The van der Waals surface area contributed by atoms with Gasteiger partial charge in [0.25, 0.3) is 0 Å². The molecule has 0 radical (unpaired) electrons. The number of ether oxygens (including phenoxy) is 4. The van der Waals surface area contributed by atoms with Crippen LogP contribution in [0, 0.1) is 6.92 Å². The summed E-state index contributed by atoms with van der Waals surface area (Å²) in [5.41, 5.74) is 3.98. The maximum Gasteiger partial charge on any atom is 0.200 e. The summed E-state index contributed by atoms with van der Waals surface area (Å²) < 4.78 is 22.8. The van der Waals surface area contributed by atoms with E-state index in [1.807, 2.05) is 50.2 Å². The third kappa shape index (κ3) is 3.77. The van der Waals surface area contributed by atoms with Gasteiger partial charge in [-0.2, -0.15) is 0 Å². The van der Waals surface area contributed by atoms with Gasteiger partial charge in [-0.05, 0) is 55.3 Å². The van der Waals surface area contributed by atoms with Crippen LogP contribution < -0.4 is 18.9 Å². The second-order valence-corrected chi connectivity index (χ2v) is 7.80. The molecule has 3 aromatic rings. The first kappa shape index (κ1) is 21.7. The van der Waals surface area contributed by atoms with Gasteiger partial charge >= 0.3 is 0 Å². The van der Waals surface area contributed by atoms with Crippen LogP contribution in [0.1, 0.15) is 41.0 Å². The second kappa shape index (κ2) is 8.91. The van der Waals surface area contributed by atoms with Gasteiger partial charge in [0.2, 0.25) is 5.75 Å². The zero-order valence-corrected chi connectivity index (χ0v) is 18.7. The predicted molar refractivity (Wildman–Crippen MR) is 122 cm³/mol. The fraction of sp³-hybridized carbons (Fsp3) is 0.308. The third-order valence-electron chi connectivity index (χ3n) is 6.01. The SMILES string of the molecule is CCOc1ccc2c(c1C)OCC(c1cc(OC)c(O)c(OC)c1)C2c1ccc(O)cc1. The van der Waals surface area contributed by atoms with E-state index in [2.05, 4.69) is 0 Å². The molecule has 2 N–H and O–H groups in total. The molecule has 0 bridgehead atoms. The molecule has 3 aromatic carbocycles. The van der Waals surface area contributed by atoms with E-state index in [-0.39, 0.29) is 23.3 Å². The average Bonchev–Trinajstić information content (AvgIpc) is 2.81. The number of methoxy groups -OCH3 is 2. The summed E-state index contributed by atoms with van der Waals surface area (Å²) in [7, 11) is 3.03. The number of hydrogen-bond acceptors (Lipinski definition) is 6. The first-order valence-corrected chi connectivity index (χ1v) is 10.6. The average molecular weight is 437 g/mol. The molecule has 0 amide bonds. The molecule has 168 valence electrons. The Labute approximate surface area is 188 Å². The van der Waals surface area contributed by atoms with Crippen molar-refractivity contribution in [3.63, 3.8) is 0 Å². The highest BCUT2D eigenvalue weighted by Crippen LogP contribution is 2.51. The summed E-state index contributed by atoms with van der Waals surface area (Å²) >= 11 is 0. The first-order valence-electron chi connectivity index (χ1n) is 10.6. The highest BCUT2D eigenvalue weighted by Gasteiger charge is 2.36. The van der Waals surface area contributed by atoms with Crippen LogP contribution in [0.2, 0.25) is 0 Å². The zero-order valence-electron chi connectivity index (χ0n) is 18.7. The van der Waals surface area contributed by atoms with Gasteiger partial charge in [0.1, 0.15) is 17.2 Å². The molecule has 0 aliphatic carbocycles. The predicted octanol–water partition coefficient (Wildman–Crippen LogP) is 5.13. The molecule has 0 aromatic heterocycles. The Morgan fingerprint density at radius 1 is 0.906 bits per heavy atom. The van der Waals surface area contributed by atoms with Crippen LogP contribution in [0.25, 0.3) is 0 Å². The molecule has 6 heteroatoms. The molecular formula is C26H28O6. The first-order chi connectivity index (χ1) is 15.5. The summed E-state index contributed by atoms with van der Waals surface area (Å²) in [6.45, 7) is 4.97. The van der Waals surface area contributed by atoms with Crippen molar-refractivity contribution >= 4 is 0 Å². The lowest BCUT2D eigenvalue weighted by Gasteiger charge is -2.36. The molecule has 1 heterocycles. The lowest BCUT2D eigenvalue weighted by Crippen LogP contribution is -2.26. The van der Waals surface area contributed by atoms with Crippen molar-refractivity contribution in [2.45, 2.75) is 25.7 Å². The Bertz CT molecular complexity index is 1080. The van der Waals surface area contributed by atoms with Crippen molar-refractivity contribution in [3.8, 4) is 34.5 Å². The van der Waals surface area contributed by atoms with Crippen molar-refractivity contribution in [2.75, 3.05) is 27.4 Å². The molecule has 32 heavy (non-hydrogen) atoms. The minimum atomic E-state index is -0.0761. The van der Waals surface area contributed by atoms with Gasteiger partial charge < -0.3 is 29.2 Å². The Morgan fingerprint density at radius 2 is 1.56 bits per heavy atom. The monoisotopic (exact) mass is 436 g/mol. The van der Waals surface area contributed by atoms with Crippen LogP contribution in [0.4, 0.5) is 0 Å². The molecule has 1 aliphatic rings. The lowest BCUT2D eigenvalue weighted by molar-refractivity contribution is 0.243. The van der Waals surface area contributed by atoms with E-state index in [9.17, 15) is 10.2 Å². The number of phenols is 2. The molecule has 4 rings (SSSR count).